The smallest absolute Gasteiger partial charge is 0.411 e. The van der Waals surface area contributed by atoms with Crippen molar-refractivity contribution in [3.8, 4) is 5.75 Å². The van der Waals surface area contributed by atoms with E-state index in [0.29, 0.717) is 28.6 Å². The Labute approximate surface area is 216 Å². The third-order valence-corrected chi connectivity index (χ3v) is 5.51. The minimum atomic E-state index is -0.698. The Morgan fingerprint density at radius 2 is 1.45 bits per heavy atom. The SMILES string of the molecule is O=C(CCc1ccc(OCCOC(=O)Nc2ccc(N3C(=O)C=CC3=O)cc2)cc1)ON1C(=O)CCC1=O. The van der Waals surface area contributed by atoms with Crippen molar-refractivity contribution >= 4 is 47.1 Å². The van der Waals surface area contributed by atoms with Crippen molar-refractivity contribution in [2.75, 3.05) is 23.4 Å². The van der Waals surface area contributed by atoms with Gasteiger partial charge in [-0.15, -0.1) is 5.06 Å². The van der Waals surface area contributed by atoms with E-state index in [0.717, 1.165) is 10.5 Å². The highest BCUT2D eigenvalue weighted by Crippen LogP contribution is 2.21. The second-order valence-corrected chi connectivity index (χ2v) is 8.19. The van der Waals surface area contributed by atoms with Crippen LogP contribution in [0.3, 0.4) is 0 Å². The van der Waals surface area contributed by atoms with Crippen molar-refractivity contribution in [3.05, 3.63) is 66.2 Å². The van der Waals surface area contributed by atoms with Crippen LogP contribution in [0.15, 0.2) is 60.7 Å². The minimum absolute atomic E-state index is 0.00530. The van der Waals surface area contributed by atoms with Crippen LogP contribution in [0.4, 0.5) is 16.2 Å². The molecule has 2 aliphatic rings. The fourth-order valence-corrected chi connectivity index (χ4v) is 3.60. The highest BCUT2D eigenvalue weighted by atomic mass is 16.7. The highest BCUT2D eigenvalue weighted by molar-refractivity contribution is 6.28. The molecule has 2 heterocycles. The number of hydrogen-bond acceptors (Lipinski definition) is 9. The zero-order valence-electron chi connectivity index (χ0n) is 20.1. The summed E-state index contributed by atoms with van der Waals surface area (Å²) < 4.78 is 10.6. The van der Waals surface area contributed by atoms with Gasteiger partial charge in [-0.05, 0) is 48.4 Å². The molecule has 196 valence electrons. The van der Waals surface area contributed by atoms with Crippen LogP contribution >= 0.6 is 0 Å². The Bertz CT molecular complexity index is 1250. The second-order valence-electron chi connectivity index (χ2n) is 8.19. The number of aryl methyl sites for hydroxylation is 1. The summed E-state index contributed by atoms with van der Waals surface area (Å²) in [6.45, 7) is 0.0794. The summed E-state index contributed by atoms with van der Waals surface area (Å²) in [5.74, 6) is -2.04. The lowest BCUT2D eigenvalue weighted by Gasteiger charge is -2.14. The van der Waals surface area contributed by atoms with Crippen molar-refractivity contribution in [1.82, 2.24) is 5.06 Å². The maximum atomic E-state index is 12.0. The van der Waals surface area contributed by atoms with Gasteiger partial charge in [0.1, 0.15) is 19.0 Å². The number of carbonyl (C=O) groups is 6. The molecule has 2 aromatic carbocycles. The molecule has 38 heavy (non-hydrogen) atoms. The van der Waals surface area contributed by atoms with Crippen molar-refractivity contribution in [3.63, 3.8) is 0 Å². The summed E-state index contributed by atoms with van der Waals surface area (Å²) in [5.41, 5.74) is 1.63. The average Bonchev–Trinajstić information content (AvgIpc) is 3.41. The van der Waals surface area contributed by atoms with Crippen LogP contribution in [0, 0.1) is 0 Å². The first-order valence-electron chi connectivity index (χ1n) is 11.7. The number of benzene rings is 2. The topological polar surface area (TPSA) is 149 Å². The lowest BCUT2D eigenvalue weighted by Crippen LogP contribution is -2.32. The first kappa shape index (κ1) is 26.1. The fourth-order valence-electron chi connectivity index (χ4n) is 3.60. The minimum Gasteiger partial charge on any atom is -0.490 e. The molecular formula is C26H23N3O9. The van der Waals surface area contributed by atoms with Gasteiger partial charge in [0.25, 0.3) is 23.6 Å². The molecule has 12 heteroatoms. The van der Waals surface area contributed by atoms with Gasteiger partial charge in [-0.3, -0.25) is 24.5 Å². The maximum absolute atomic E-state index is 12.0. The molecule has 1 N–H and O–H groups in total. The van der Waals surface area contributed by atoms with Gasteiger partial charge in [-0.25, -0.2) is 14.5 Å². The number of anilines is 2. The van der Waals surface area contributed by atoms with Crippen molar-refractivity contribution < 1.29 is 43.1 Å². The molecule has 4 rings (SSSR count). The predicted molar refractivity (Wildman–Crippen MR) is 130 cm³/mol. The Balaban J connectivity index is 1.12. The number of nitrogens with zero attached hydrogens (tertiary/aromatic N) is 2. The number of ether oxygens (including phenoxy) is 2. The average molecular weight is 521 g/mol. The zero-order chi connectivity index (χ0) is 27.1. The Morgan fingerprint density at radius 3 is 2.08 bits per heavy atom. The third kappa shape index (κ3) is 6.60. The molecular weight excluding hydrogens is 498 g/mol. The van der Waals surface area contributed by atoms with Crippen LogP contribution < -0.4 is 15.0 Å². The van der Waals surface area contributed by atoms with Gasteiger partial charge in [0.2, 0.25) is 0 Å². The molecule has 1 saturated heterocycles. The van der Waals surface area contributed by atoms with Gasteiger partial charge in [0, 0.05) is 30.7 Å². The number of amides is 5. The molecule has 0 aliphatic carbocycles. The quantitative estimate of drug-likeness (QED) is 0.367. The van der Waals surface area contributed by atoms with E-state index in [-0.39, 0.29) is 32.5 Å². The summed E-state index contributed by atoms with van der Waals surface area (Å²) in [5, 5.41) is 3.06. The molecule has 12 nitrogen and oxygen atoms in total. The summed E-state index contributed by atoms with van der Waals surface area (Å²) in [6.07, 6.45) is 2.11. The number of nitrogens with one attached hydrogen (secondary N) is 1. The summed E-state index contributed by atoms with van der Waals surface area (Å²) in [7, 11) is 0. The highest BCUT2D eigenvalue weighted by Gasteiger charge is 2.32. The van der Waals surface area contributed by atoms with E-state index in [1.807, 2.05) is 0 Å². The van der Waals surface area contributed by atoms with E-state index < -0.39 is 35.7 Å². The van der Waals surface area contributed by atoms with Crippen molar-refractivity contribution in [2.45, 2.75) is 25.7 Å². The first-order chi connectivity index (χ1) is 18.3. The number of carbonyl (C=O) groups excluding carboxylic acids is 6. The van der Waals surface area contributed by atoms with E-state index in [9.17, 15) is 28.8 Å². The largest absolute Gasteiger partial charge is 0.490 e. The molecule has 0 bridgehead atoms. The van der Waals surface area contributed by atoms with Gasteiger partial charge in [0.05, 0.1) is 12.1 Å². The van der Waals surface area contributed by atoms with E-state index in [1.165, 1.54) is 24.3 Å². The molecule has 0 saturated carbocycles. The van der Waals surface area contributed by atoms with Crippen LogP contribution in [0.1, 0.15) is 24.8 Å². The lowest BCUT2D eigenvalue weighted by atomic mass is 10.1. The van der Waals surface area contributed by atoms with E-state index in [2.05, 4.69) is 5.32 Å². The van der Waals surface area contributed by atoms with Crippen LogP contribution in [0.2, 0.25) is 0 Å². The van der Waals surface area contributed by atoms with Gasteiger partial charge >= 0.3 is 12.1 Å². The van der Waals surface area contributed by atoms with Gasteiger partial charge in [-0.1, -0.05) is 12.1 Å². The predicted octanol–water partition coefficient (Wildman–Crippen LogP) is 2.28. The number of hydrogen-bond donors (Lipinski definition) is 1. The summed E-state index contributed by atoms with van der Waals surface area (Å²) in [4.78, 5) is 76.2. The molecule has 0 atom stereocenters. The van der Waals surface area contributed by atoms with Gasteiger partial charge < -0.3 is 14.3 Å². The molecule has 0 aromatic heterocycles. The molecule has 2 aromatic rings. The summed E-state index contributed by atoms with van der Waals surface area (Å²) >= 11 is 0. The monoisotopic (exact) mass is 521 g/mol. The molecule has 0 spiro atoms. The lowest BCUT2D eigenvalue weighted by molar-refractivity contribution is -0.197. The van der Waals surface area contributed by atoms with Crippen LogP contribution in [-0.2, 0) is 40.0 Å². The standard InChI is InChI=1S/C26H23N3O9/c30-21-10-11-22(31)28(21)19-6-4-18(5-7-19)27-26(35)37-16-15-36-20-8-1-17(2-9-20)3-14-25(34)38-29-23(32)12-13-24(29)33/h1-2,4-11H,3,12-16H2,(H,27,35). The molecule has 1 fully saturated rings. The third-order valence-electron chi connectivity index (χ3n) is 5.51. The Morgan fingerprint density at radius 1 is 0.816 bits per heavy atom. The zero-order valence-corrected chi connectivity index (χ0v) is 20.1. The van der Waals surface area contributed by atoms with E-state index >= 15 is 0 Å². The molecule has 2 aliphatic heterocycles. The molecule has 0 unspecified atom stereocenters. The van der Waals surface area contributed by atoms with Crippen molar-refractivity contribution in [1.29, 1.82) is 0 Å². The Kier molecular flexibility index (Phi) is 8.11. The number of hydroxylamine groups is 2. The van der Waals surface area contributed by atoms with E-state index in [1.54, 1.807) is 36.4 Å². The van der Waals surface area contributed by atoms with Crippen LogP contribution in [0.5, 0.6) is 5.75 Å². The number of rotatable bonds is 10. The normalized spacial score (nSPS) is 14.7. The van der Waals surface area contributed by atoms with Crippen LogP contribution in [0.25, 0.3) is 0 Å². The van der Waals surface area contributed by atoms with Crippen molar-refractivity contribution in [2.24, 2.45) is 0 Å². The van der Waals surface area contributed by atoms with Crippen LogP contribution in [-0.4, -0.2) is 54.0 Å². The second kappa shape index (κ2) is 11.8. The molecule has 0 radical (unpaired) electrons. The maximum Gasteiger partial charge on any atom is 0.411 e. The van der Waals surface area contributed by atoms with E-state index in [4.69, 9.17) is 14.3 Å². The van der Waals surface area contributed by atoms with Gasteiger partial charge in [-0.2, -0.15) is 0 Å². The van der Waals surface area contributed by atoms with Gasteiger partial charge in [0.15, 0.2) is 0 Å². The number of imide groups is 2. The Hall–Kier alpha value is -5.00. The molecule has 5 amide bonds. The first-order valence-corrected chi connectivity index (χ1v) is 11.7. The fraction of sp³-hybridized carbons (Fsp3) is 0.231. The summed E-state index contributed by atoms with van der Waals surface area (Å²) in [6, 6.07) is 13.0.